The first-order valence-corrected chi connectivity index (χ1v) is 6.13. The van der Waals surface area contributed by atoms with Gasteiger partial charge in [-0.15, -0.1) is 0 Å². The van der Waals surface area contributed by atoms with Crippen LogP contribution in [0, 0.1) is 11.8 Å². The quantitative estimate of drug-likeness (QED) is 0.304. The van der Waals surface area contributed by atoms with Crippen LogP contribution in [0.4, 0.5) is 0 Å². The second kappa shape index (κ2) is 7.49. The maximum absolute atomic E-state index is 8.79. The third-order valence-electron chi connectivity index (χ3n) is 2.48. The maximum Gasteiger partial charge on any atom is 0.156 e. The molecule has 0 aromatic heterocycles. The molecule has 0 amide bonds. The van der Waals surface area contributed by atoms with E-state index in [4.69, 9.17) is 10.9 Å². The molecule has 0 radical (unpaired) electrons. The maximum atomic E-state index is 8.79. The van der Waals surface area contributed by atoms with Crippen LogP contribution in [0.15, 0.2) is 5.16 Å². The molecule has 0 bridgehead atoms. The zero-order valence-corrected chi connectivity index (χ0v) is 11.3. The van der Waals surface area contributed by atoms with Crippen LogP contribution >= 0.6 is 0 Å². The molecule has 0 rings (SSSR count). The fourth-order valence-corrected chi connectivity index (χ4v) is 1.99. The standard InChI is InChI=1S/C12H27N3O/c1-6-11(12(13)14-16)15(7-9(2)3)8-10(4)5/h9-11,16H,6-8H2,1-5H3,(H2,13,14). The normalized spacial score (nSPS) is 15.1. The molecule has 0 aliphatic heterocycles. The van der Waals surface area contributed by atoms with Gasteiger partial charge in [-0.3, -0.25) is 4.90 Å². The van der Waals surface area contributed by atoms with Gasteiger partial charge < -0.3 is 10.9 Å². The molecule has 0 heterocycles. The summed E-state index contributed by atoms with van der Waals surface area (Å²) < 4.78 is 0. The smallest absolute Gasteiger partial charge is 0.156 e. The lowest BCUT2D eigenvalue weighted by atomic mass is 10.1. The molecule has 1 unspecified atom stereocenters. The summed E-state index contributed by atoms with van der Waals surface area (Å²) in [5.74, 6) is 1.49. The van der Waals surface area contributed by atoms with Crippen molar-refractivity contribution in [2.24, 2.45) is 22.7 Å². The van der Waals surface area contributed by atoms with Gasteiger partial charge in [0.05, 0.1) is 6.04 Å². The summed E-state index contributed by atoms with van der Waals surface area (Å²) >= 11 is 0. The molecule has 0 aromatic carbocycles. The predicted molar refractivity (Wildman–Crippen MR) is 68.7 cm³/mol. The van der Waals surface area contributed by atoms with Gasteiger partial charge in [0.2, 0.25) is 0 Å². The number of hydrogen-bond donors (Lipinski definition) is 2. The van der Waals surface area contributed by atoms with Crippen molar-refractivity contribution in [1.29, 1.82) is 0 Å². The van der Waals surface area contributed by atoms with Crippen molar-refractivity contribution in [3.63, 3.8) is 0 Å². The minimum absolute atomic E-state index is 0.0507. The van der Waals surface area contributed by atoms with Crippen molar-refractivity contribution in [2.75, 3.05) is 13.1 Å². The van der Waals surface area contributed by atoms with E-state index < -0.39 is 0 Å². The second-order valence-electron chi connectivity index (χ2n) is 5.19. The van der Waals surface area contributed by atoms with Gasteiger partial charge in [0.25, 0.3) is 0 Å². The minimum atomic E-state index is 0.0507. The van der Waals surface area contributed by atoms with Gasteiger partial charge in [0.15, 0.2) is 5.84 Å². The summed E-state index contributed by atoms with van der Waals surface area (Å²) in [6.45, 7) is 12.8. The third-order valence-corrected chi connectivity index (χ3v) is 2.48. The number of nitrogens with zero attached hydrogens (tertiary/aromatic N) is 2. The molecule has 0 fully saturated rings. The molecule has 0 aliphatic rings. The van der Waals surface area contributed by atoms with Gasteiger partial charge in [-0.05, 0) is 18.3 Å². The number of hydrogen-bond acceptors (Lipinski definition) is 3. The largest absolute Gasteiger partial charge is 0.409 e. The molecule has 4 heteroatoms. The van der Waals surface area contributed by atoms with Crippen molar-refractivity contribution in [3.8, 4) is 0 Å². The van der Waals surface area contributed by atoms with E-state index in [0.717, 1.165) is 19.5 Å². The van der Waals surface area contributed by atoms with E-state index in [0.29, 0.717) is 17.7 Å². The lowest BCUT2D eigenvalue weighted by molar-refractivity contribution is 0.184. The Balaban J connectivity index is 4.68. The Kier molecular flexibility index (Phi) is 7.13. The average Bonchev–Trinajstić information content (AvgIpc) is 2.16. The van der Waals surface area contributed by atoms with Crippen LogP contribution in [0.3, 0.4) is 0 Å². The molecule has 96 valence electrons. The number of nitrogens with two attached hydrogens (primary N) is 1. The van der Waals surface area contributed by atoms with E-state index in [2.05, 4.69) is 44.7 Å². The SMILES string of the molecule is CCC(C(N)=NO)N(CC(C)C)CC(C)C. The van der Waals surface area contributed by atoms with Crippen LogP contribution in [0.5, 0.6) is 0 Å². The minimum Gasteiger partial charge on any atom is -0.409 e. The van der Waals surface area contributed by atoms with Crippen molar-refractivity contribution < 1.29 is 5.21 Å². The van der Waals surface area contributed by atoms with E-state index in [1.807, 2.05) is 0 Å². The molecule has 3 N–H and O–H groups in total. The van der Waals surface area contributed by atoms with Gasteiger partial charge >= 0.3 is 0 Å². The zero-order chi connectivity index (χ0) is 12.7. The molecule has 0 aromatic rings. The van der Waals surface area contributed by atoms with Crippen molar-refractivity contribution in [2.45, 2.75) is 47.1 Å². The summed E-state index contributed by atoms with van der Waals surface area (Å²) in [6.07, 6.45) is 0.870. The van der Waals surface area contributed by atoms with E-state index in [1.165, 1.54) is 0 Å². The van der Waals surface area contributed by atoms with Gasteiger partial charge in [0, 0.05) is 13.1 Å². The molecule has 0 saturated carbocycles. The molecular weight excluding hydrogens is 202 g/mol. The zero-order valence-electron chi connectivity index (χ0n) is 11.3. The third kappa shape index (κ3) is 5.35. The molecule has 4 nitrogen and oxygen atoms in total. The highest BCUT2D eigenvalue weighted by Gasteiger charge is 2.22. The number of amidine groups is 1. The summed E-state index contributed by atoms with van der Waals surface area (Å²) in [5.41, 5.74) is 5.74. The van der Waals surface area contributed by atoms with E-state index >= 15 is 0 Å². The van der Waals surface area contributed by atoms with Crippen LogP contribution in [-0.2, 0) is 0 Å². The first-order chi connectivity index (χ1) is 7.42. The fraction of sp³-hybridized carbons (Fsp3) is 0.917. The Morgan fingerprint density at radius 2 is 1.62 bits per heavy atom. The summed E-state index contributed by atoms with van der Waals surface area (Å²) in [7, 11) is 0. The molecule has 0 spiro atoms. The van der Waals surface area contributed by atoms with Crippen LogP contribution < -0.4 is 5.73 Å². The highest BCUT2D eigenvalue weighted by Crippen LogP contribution is 2.11. The fourth-order valence-electron chi connectivity index (χ4n) is 1.99. The van der Waals surface area contributed by atoms with Gasteiger partial charge in [0.1, 0.15) is 0 Å². The lowest BCUT2D eigenvalue weighted by Crippen LogP contribution is -2.47. The van der Waals surface area contributed by atoms with Crippen molar-refractivity contribution >= 4 is 5.84 Å². The molecule has 0 saturated heterocycles. The van der Waals surface area contributed by atoms with Crippen molar-refractivity contribution in [3.05, 3.63) is 0 Å². The Labute approximate surface area is 99.5 Å². The Bertz CT molecular complexity index is 204. The molecular formula is C12H27N3O. The summed E-state index contributed by atoms with van der Waals surface area (Å²) in [4.78, 5) is 2.31. The molecule has 0 aliphatic carbocycles. The average molecular weight is 229 g/mol. The van der Waals surface area contributed by atoms with E-state index in [-0.39, 0.29) is 6.04 Å². The highest BCUT2D eigenvalue weighted by molar-refractivity contribution is 5.85. The van der Waals surface area contributed by atoms with Crippen LogP contribution in [-0.4, -0.2) is 35.1 Å². The summed E-state index contributed by atoms with van der Waals surface area (Å²) in [6, 6.07) is 0.0507. The van der Waals surface area contributed by atoms with Crippen LogP contribution in [0.2, 0.25) is 0 Å². The predicted octanol–water partition coefficient (Wildman–Crippen LogP) is 2.13. The van der Waals surface area contributed by atoms with Gasteiger partial charge in [-0.2, -0.15) is 0 Å². The van der Waals surface area contributed by atoms with Crippen molar-refractivity contribution in [1.82, 2.24) is 4.90 Å². The lowest BCUT2D eigenvalue weighted by Gasteiger charge is -2.32. The Morgan fingerprint density at radius 3 is 1.88 bits per heavy atom. The monoisotopic (exact) mass is 229 g/mol. The second-order valence-corrected chi connectivity index (χ2v) is 5.19. The molecule has 1 atom stereocenters. The summed E-state index contributed by atoms with van der Waals surface area (Å²) in [5, 5.41) is 11.9. The van der Waals surface area contributed by atoms with Crippen LogP contribution in [0.1, 0.15) is 41.0 Å². The Hall–Kier alpha value is -0.770. The number of rotatable bonds is 7. The first kappa shape index (κ1) is 15.2. The van der Waals surface area contributed by atoms with E-state index in [9.17, 15) is 0 Å². The van der Waals surface area contributed by atoms with Crippen LogP contribution in [0.25, 0.3) is 0 Å². The van der Waals surface area contributed by atoms with Gasteiger partial charge in [-0.1, -0.05) is 39.8 Å². The highest BCUT2D eigenvalue weighted by atomic mass is 16.4. The topological polar surface area (TPSA) is 61.9 Å². The number of oxime groups is 1. The first-order valence-electron chi connectivity index (χ1n) is 6.13. The van der Waals surface area contributed by atoms with Gasteiger partial charge in [-0.25, -0.2) is 0 Å². The molecule has 16 heavy (non-hydrogen) atoms. The van der Waals surface area contributed by atoms with E-state index in [1.54, 1.807) is 0 Å². The Morgan fingerprint density at radius 1 is 1.19 bits per heavy atom.